The van der Waals surface area contributed by atoms with Crippen LogP contribution in [-0.2, 0) is 34.1 Å². The van der Waals surface area contributed by atoms with E-state index in [0.717, 1.165) is 43.2 Å². The smallest absolute Gasteiger partial charge is 0.432 e. The number of anilines is 2. The predicted molar refractivity (Wildman–Crippen MR) is 229 cm³/mol. The van der Waals surface area contributed by atoms with E-state index in [0.29, 0.717) is 0 Å². The van der Waals surface area contributed by atoms with Crippen LogP contribution in [0.4, 0.5) is 28.9 Å². The fourth-order valence-electron chi connectivity index (χ4n) is 5.58. The van der Waals surface area contributed by atoms with Gasteiger partial charge in [-0.25, -0.2) is 17.6 Å². The third-order valence-corrected chi connectivity index (χ3v) is 13.1. The summed E-state index contributed by atoms with van der Waals surface area (Å²) in [6.07, 6.45) is 5.56. The predicted octanol–water partition coefficient (Wildman–Crippen LogP) is 6.44. The van der Waals surface area contributed by atoms with Crippen LogP contribution in [0.15, 0.2) is 171 Å². The van der Waals surface area contributed by atoms with Crippen molar-refractivity contribution < 1.29 is 51.7 Å². The molecule has 0 aliphatic heterocycles. The minimum atomic E-state index is -0.899. The summed E-state index contributed by atoms with van der Waals surface area (Å²) >= 11 is 0. The Labute approximate surface area is 371 Å². The number of halogens is 4. The fraction of sp³-hybridized carbons (Fsp3) is 0.0909. The molecule has 0 atom stereocenters. The molecule has 0 N–H and O–H groups in total. The summed E-state index contributed by atoms with van der Waals surface area (Å²) in [6.45, 7) is 0. The second-order valence-electron chi connectivity index (χ2n) is 12.6. The first-order valence-electron chi connectivity index (χ1n) is 17.7. The van der Waals surface area contributed by atoms with Crippen molar-refractivity contribution in [2.24, 2.45) is 0 Å². The molecule has 0 aliphatic carbocycles. The van der Waals surface area contributed by atoms with E-state index in [1.54, 1.807) is 0 Å². The van der Waals surface area contributed by atoms with E-state index in [9.17, 15) is 17.6 Å². The fourth-order valence-corrected chi connectivity index (χ4v) is 10.6. The van der Waals surface area contributed by atoms with E-state index in [1.165, 1.54) is 73.8 Å². The van der Waals surface area contributed by atoms with Crippen LogP contribution in [-0.4, -0.2) is 48.4 Å². The number of rotatable bonds is 8. The van der Waals surface area contributed by atoms with Crippen LogP contribution >= 0.6 is 15.8 Å². The molecule has 0 aliphatic rings. The number of para-hydroxylation sites is 2. The molecule has 2 aromatic heterocycles. The van der Waals surface area contributed by atoms with Gasteiger partial charge in [0.1, 0.15) is 23.3 Å². The van der Waals surface area contributed by atoms with E-state index in [-0.39, 0.29) is 57.4 Å². The van der Waals surface area contributed by atoms with Gasteiger partial charge in [-0.2, -0.15) is 0 Å². The van der Waals surface area contributed by atoms with Crippen LogP contribution in [0.2, 0.25) is 0 Å². The van der Waals surface area contributed by atoms with E-state index in [1.807, 2.05) is 101 Å². The molecule has 6 aromatic carbocycles. The normalized spacial score (nSPS) is 10.0. The molecule has 0 saturated carbocycles. The van der Waals surface area contributed by atoms with Crippen LogP contribution in [0.25, 0.3) is 0 Å². The molecule has 8 aromatic rings. The average molecular weight is 946 g/mol. The maximum atomic E-state index is 13.4. The maximum Gasteiger partial charge on any atom is 1.00 e. The van der Waals surface area contributed by atoms with Gasteiger partial charge in [0.05, 0.1) is 0 Å². The number of hydrogen-bond donors (Lipinski definition) is 0. The molecule has 2 heterocycles. The quantitative estimate of drug-likeness (QED) is 0.0979. The first-order chi connectivity index (χ1) is 28.1. The first kappa shape index (κ1) is 49.2. The van der Waals surface area contributed by atoms with Crippen molar-refractivity contribution in [1.29, 1.82) is 0 Å². The summed E-state index contributed by atoms with van der Waals surface area (Å²) in [6, 6.07) is 42.7. The van der Waals surface area contributed by atoms with Gasteiger partial charge in [-0.3, -0.25) is 10.2 Å². The Bertz CT molecular complexity index is 2060. The first-order valence-corrected chi connectivity index (χ1v) is 20.4. The topological polar surface area (TPSA) is 86.2 Å². The Kier molecular flexibility index (Phi) is 20.9. The zero-order chi connectivity index (χ0) is 41.3. The second-order valence-corrected chi connectivity index (χ2v) is 16.9. The molecule has 0 unspecified atom stereocenters. The van der Waals surface area contributed by atoms with Crippen LogP contribution < -0.4 is 51.8 Å². The van der Waals surface area contributed by atoms with Gasteiger partial charge in [-0.05, 0) is 97.7 Å². The molecule has 8 rings (SSSR count). The summed E-state index contributed by atoms with van der Waals surface area (Å²) < 4.78 is 53.5. The molecule has 16 heteroatoms. The molecular weight excluding hydrogens is 906 g/mol. The summed E-state index contributed by atoms with van der Waals surface area (Å²) in [4.78, 5) is 11.1. The third kappa shape index (κ3) is 14.5. The number of benzene rings is 6. The third-order valence-electron chi connectivity index (χ3n) is 8.15. The Morgan fingerprint density at radius 2 is 0.667 bits per heavy atom. The van der Waals surface area contributed by atoms with Crippen LogP contribution in [0, 0.1) is 23.3 Å². The van der Waals surface area contributed by atoms with Crippen molar-refractivity contribution in [2.75, 3.05) is 38.0 Å². The molecule has 316 valence electrons. The minimum Gasteiger partial charge on any atom is -0.432 e. The zero-order valence-corrected chi connectivity index (χ0v) is 36.4. The van der Waals surface area contributed by atoms with Crippen molar-refractivity contribution in [3.63, 3.8) is 0 Å². The Balaban J connectivity index is 0.000000252. The van der Waals surface area contributed by atoms with Crippen LogP contribution in [0.3, 0.4) is 0 Å². The van der Waals surface area contributed by atoms with Gasteiger partial charge in [-0.1, -0.05) is 97.6 Å². The summed E-state index contributed by atoms with van der Waals surface area (Å²) in [5.74, 6) is -1.02. The van der Waals surface area contributed by atoms with E-state index >= 15 is 0 Å². The van der Waals surface area contributed by atoms with E-state index in [2.05, 4.69) is 64.4 Å². The molecule has 0 fully saturated rings. The largest absolute Gasteiger partial charge is 1.00 e. The molecule has 0 saturated heterocycles. The standard InChI is InChI=1S/2C20H18F2NP.2C2H2N3.2Cu/c2*1-23(2)19-5-3-4-6-20(19)24(17-11-7-15(21)8-12-17)18-13-9-16(22)10-14-18;2*1-3-2-5-4-1;;/h2*3-14H,1-2H3;2*1-2H;;/q;;2*-1;2*+1. The number of hydrogen-bond acceptors (Lipinski definition) is 6. The average Bonchev–Trinajstić information content (AvgIpc) is 4.03. The molecule has 0 bridgehead atoms. The zero-order valence-electron chi connectivity index (χ0n) is 32.8. The van der Waals surface area contributed by atoms with E-state index < -0.39 is 15.8 Å². The van der Waals surface area contributed by atoms with Crippen molar-refractivity contribution in [3.8, 4) is 0 Å². The van der Waals surface area contributed by atoms with Crippen molar-refractivity contribution >= 4 is 59.0 Å². The van der Waals surface area contributed by atoms with Crippen molar-refractivity contribution in [3.05, 3.63) is 194 Å². The summed E-state index contributed by atoms with van der Waals surface area (Å²) in [5, 5.41) is 19.9. The second kappa shape index (κ2) is 25.4. The van der Waals surface area contributed by atoms with Crippen molar-refractivity contribution in [2.45, 2.75) is 0 Å². The Morgan fingerprint density at radius 3 is 0.867 bits per heavy atom. The van der Waals surface area contributed by atoms with Crippen LogP contribution in [0.1, 0.15) is 0 Å². The molecule has 60 heavy (non-hydrogen) atoms. The number of aromatic nitrogens is 6. The van der Waals surface area contributed by atoms with Crippen LogP contribution in [0.5, 0.6) is 0 Å². The van der Waals surface area contributed by atoms with Gasteiger partial charge in [0.2, 0.25) is 0 Å². The van der Waals surface area contributed by atoms with Gasteiger partial charge < -0.3 is 30.0 Å². The summed E-state index contributed by atoms with van der Waals surface area (Å²) in [7, 11) is 6.21. The SMILES string of the molecule is CN(C)c1ccccc1P(c1ccc(F)cc1)c1ccc(F)cc1.CN(C)c1ccccc1P(c1ccc(F)cc1)c1ccc(F)cc1.[Cu+].[Cu+].c1nc[n-]n1.c1nc[n-]n1. The molecule has 0 radical (unpaired) electrons. The van der Waals surface area contributed by atoms with Gasteiger partial charge in [-0.15, -0.1) is 0 Å². The Hall–Kier alpha value is -5.18. The van der Waals surface area contributed by atoms with Gasteiger partial charge >= 0.3 is 34.1 Å². The molecular formula is C44H40Cu2F4N8P2. The maximum absolute atomic E-state index is 13.4. The van der Waals surface area contributed by atoms with Gasteiger partial charge in [0.15, 0.2) is 0 Å². The molecule has 8 nitrogen and oxygen atoms in total. The molecule has 0 spiro atoms. The van der Waals surface area contributed by atoms with E-state index in [4.69, 9.17) is 0 Å². The van der Waals surface area contributed by atoms with Crippen molar-refractivity contribution in [1.82, 2.24) is 30.4 Å². The van der Waals surface area contributed by atoms with Gasteiger partial charge in [0.25, 0.3) is 0 Å². The van der Waals surface area contributed by atoms with Gasteiger partial charge in [0, 0.05) is 62.8 Å². The Morgan fingerprint density at radius 1 is 0.400 bits per heavy atom. The monoisotopic (exact) mass is 944 g/mol. The number of nitrogens with zero attached hydrogens (tertiary/aromatic N) is 8. The molecule has 0 amide bonds. The summed E-state index contributed by atoms with van der Waals surface area (Å²) in [5.41, 5.74) is 2.22. The minimum absolute atomic E-state index is 0.